The van der Waals surface area contributed by atoms with Crippen molar-refractivity contribution in [3.05, 3.63) is 52.8 Å². The normalized spacial score (nSPS) is 11.4. The molecule has 0 unspecified atom stereocenters. The van der Waals surface area contributed by atoms with Crippen molar-refractivity contribution in [2.75, 3.05) is 0 Å². The molecule has 0 radical (unpaired) electrons. The molecule has 0 amide bonds. The maximum atomic E-state index is 11.3. The first-order valence-electron chi connectivity index (χ1n) is 8.07. The summed E-state index contributed by atoms with van der Waals surface area (Å²) in [7, 11) is 0. The molecule has 1 aromatic carbocycles. The lowest BCUT2D eigenvalue weighted by Crippen LogP contribution is -2.20. The molecule has 5 nitrogen and oxygen atoms in total. The minimum Gasteiger partial charge on any atom is -0.691 e. The Bertz CT molecular complexity index is 768. The second-order valence-electron chi connectivity index (χ2n) is 5.82. The fourth-order valence-electron chi connectivity index (χ4n) is 1.85. The Morgan fingerprint density at radius 2 is 1.65 bits per heavy atom. The van der Waals surface area contributed by atoms with Crippen molar-refractivity contribution in [3.63, 3.8) is 0 Å². The highest BCUT2D eigenvalue weighted by Crippen LogP contribution is 2.48. The van der Waals surface area contributed by atoms with Gasteiger partial charge in [0.25, 0.3) is 5.56 Å². The van der Waals surface area contributed by atoms with E-state index in [0.29, 0.717) is 5.88 Å². The van der Waals surface area contributed by atoms with Gasteiger partial charge in [-0.05, 0) is 33.8 Å². The van der Waals surface area contributed by atoms with E-state index in [1.54, 1.807) is 6.07 Å². The molecule has 0 fully saturated rings. The topological polar surface area (TPSA) is 53.4 Å². The summed E-state index contributed by atoms with van der Waals surface area (Å²) in [5, 5.41) is 4.19. The van der Waals surface area contributed by atoms with Gasteiger partial charge >= 0.3 is 0 Å². The number of hydrogen-bond donors (Lipinski definition) is 1. The first-order chi connectivity index (χ1) is 12.1. The van der Waals surface area contributed by atoms with Gasteiger partial charge in [0, 0.05) is 11.6 Å². The van der Waals surface area contributed by atoms with Gasteiger partial charge in [-0.1, -0.05) is 42.1 Å². The van der Waals surface area contributed by atoms with E-state index >= 15 is 0 Å². The van der Waals surface area contributed by atoms with E-state index in [0.717, 1.165) is 11.3 Å². The van der Waals surface area contributed by atoms with Crippen molar-refractivity contribution in [3.8, 4) is 11.3 Å². The van der Waals surface area contributed by atoms with Gasteiger partial charge in [-0.3, -0.25) is 4.79 Å². The van der Waals surface area contributed by atoms with Crippen LogP contribution in [0.15, 0.2) is 47.3 Å². The van der Waals surface area contributed by atoms with E-state index in [9.17, 15) is 4.79 Å². The quantitative estimate of drug-likeness (QED) is 0.416. The highest BCUT2D eigenvalue weighted by atomic mass is 32.9. The fraction of sp³-hybridized carbons (Fsp3) is 0.412. The summed E-state index contributed by atoms with van der Waals surface area (Å²) in [6.07, 6.45) is 0.106. The SMILES string of the molecule is CC(C)OP(=S)([S-])OC(C)C.O=c1ccc(-c2ccccc2)nn1CS. The molecule has 0 aliphatic carbocycles. The van der Waals surface area contributed by atoms with E-state index in [1.165, 1.54) is 10.7 Å². The molecule has 0 bridgehead atoms. The van der Waals surface area contributed by atoms with Crippen LogP contribution in [0.5, 0.6) is 0 Å². The van der Waals surface area contributed by atoms with E-state index in [1.807, 2.05) is 58.0 Å². The van der Waals surface area contributed by atoms with Crippen LogP contribution in [-0.2, 0) is 39.0 Å². The molecule has 2 aromatic rings. The average Bonchev–Trinajstić information content (AvgIpc) is 2.54. The van der Waals surface area contributed by atoms with Gasteiger partial charge in [-0.2, -0.15) is 17.7 Å². The number of aromatic nitrogens is 2. The number of nitrogens with zero attached hydrogens (tertiary/aromatic N) is 2. The molecule has 0 saturated carbocycles. The van der Waals surface area contributed by atoms with Gasteiger partial charge in [0.05, 0.1) is 29.5 Å². The summed E-state index contributed by atoms with van der Waals surface area (Å²) in [5.74, 6) is 0.291. The molecule has 0 aliphatic heterocycles. The van der Waals surface area contributed by atoms with Crippen LogP contribution in [0.4, 0.5) is 0 Å². The van der Waals surface area contributed by atoms with Gasteiger partial charge in [-0.25, -0.2) is 4.68 Å². The van der Waals surface area contributed by atoms with Crippen LogP contribution in [0.25, 0.3) is 11.3 Å². The molecule has 0 spiro atoms. The Morgan fingerprint density at radius 1 is 1.12 bits per heavy atom. The Labute approximate surface area is 170 Å². The second-order valence-corrected chi connectivity index (χ2v) is 11.0. The minimum atomic E-state index is -2.39. The van der Waals surface area contributed by atoms with Gasteiger partial charge in [0.1, 0.15) is 0 Å². The minimum absolute atomic E-state index is 0.0529. The Balaban J connectivity index is 0.000000276. The fourth-order valence-corrected chi connectivity index (χ4v) is 5.21. The summed E-state index contributed by atoms with van der Waals surface area (Å²) in [4.78, 5) is 11.3. The van der Waals surface area contributed by atoms with E-state index in [2.05, 4.69) is 17.7 Å². The summed E-state index contributed by atoms with van der Waals surface area (Å²) < 4.78 is 11.9. The molecule has 144 valence electrons. The Hall–Kier alpha value is -0.630. The van der Waals surface area contributed by atoms with Gasteiger partial charge in [-0.15, -0.1) is 0 Å². The summed E-state index contributed by atoms with van der Waals surface area (Å²) in [6, 6.07) is 13.0. The average molecular weight is 432 g/mol. The molecule has 0 saturated heterocycles. The van der Waals surface area contributed by atoms with E-state index in [-0.39, 0.29) is 17.8 Å². The van der Waals surface area contributed by atoms with Crippen LogP contribution in [0, 0.1) is 0 Å². The van der Waals surface area contributed by atoms with E-state index in [4.69, 9.17) is 33.1 Å². The number of hydrogen-bond acceptors (Lipinski definition) is 7. The third-order valence-electron chi connectivity index (χ3n) is 2.75. The predicted molar refractivity (Wildman–Crippen MR) is 117 cm³/mol. The van der Waals surface area contributed by atoms with Crippen LogP contribution in [0.1, 0.15) is 27.7 Å². The zero-order chi connectivity index (χ0) is 19.7. The molecule has 0 atom stereocenters. The third kappa shape index (κ3) is 8.84. The largest absolute Gasteiger partial charge is 0.691 e. The van der Waals surface area contributed by atoms with Crippen molar-refractivity contribution in [2.45, 2.75) is 45.8 Å². The molecule has 9 heteroatoms. The van der Waals surface area contributed by atoms with Crippen molar-refractivity contribution in [1.29, 1.82) is 0 Å². The maximum absolute atomic E-state index is 11.3. The summed E-state index contributed by atoms with van der Waals surface area (Å²) in [6.45, 7) is 7.60. The lowest BCUT2D eigenvalue weighted by atomic mass is 10.1. The molecule has 1 aromatic heterocycles. The van der Waals surface area contributed by atoms with Crippen LogP contribution < -0.4 is 5.56 Å². The first-order valence-corrected chi connectivity index (χ1v) is 12.4. The summed E-state index contributed by atoms with van der Waals surface area (Å²) >= 11 is 14.0. The predicted octanol–water partition coefficient (Wildman–Crippen LogP) is 4.41. The lowest BCUT2D eigenvalue weighted by molar-refractivity contribution is 0.186. The number of rotatable bonds is 6. The number of benzene rings is 1. The zero-order valence-electron chi connectivity index (χ0n) is 15.2. The van der Waals surface area contributed by atoms with Crippen molar-refractivity contribution in [2.24, 2.45) is 0 Å². The van der Waals surface area contributed by atoms with Crippen molar-refractivity contribution in [1.82, 2.24) is 9.78 Å². The molecule has 1 heterocycles. The molecular formula is C17H24N2O3PS3-. The molecular weight excluding hydrogens is 407 g/mol. The van der Waals surface area contributed by atoms with Gasteiger partial charge < -0.3 is 21.3 Å². The lowest BCUT2D eigenvalue weighted by Gasteiger charge is -2.31. The molecule has 0 N–H and O–H groups in total. The maximum Gasteiger partial charge on any atom is 0.267 e. The Morgan fingerprint density at radius 3 is 2.12 bits per heavy atom. The standard InChI is InChI=1S/C11H10N2OS.C6H15O2PS2/c14-11-7-6-10(12-13(11)8-15)9-4-2-1-3-5-9;1-5(2)7-9(10,11)8-6(3)4/h1-7,15H,8H2;5-6H,1-4H3,(H,10,11)/p-1. The Kier molecular flexibility index (Phi) is 10.1. The first kappa shape index (κ1) is 23.4. The van der Waals surface area contributed by atoms with E-state index < -0.39 is 5.69 Å². The molecule has 26 heavy (non-hydrogen) atoms. The van der Waals surface area contributed by atoms with Crippen LogP contribution in [0.2, 0.25) is 0 Å². The van der Waals surface area contributed by atoms with Crippen molar-refractivity contribution < 1.29 is 9.05 Å². The van der Waals surface area contributed by atoms with Gasteiger partial charge in [0.2, 0.25) is 0 Å². The van der Waals surface area contributed by atoms with Crippen LogP contribution >= 0.6 is 18.3 Å². The smallest absolute Gasteiger partial charge is 0.267 e. The van der Waals surface area contributed by atoms with Gasteiger partial charge in [0.15, 0.2) is 0 Å². The number of thiol groups is 1. The third-order valence-corrected chi connectivity index (χ3v) is 5.41. The molecule has 2 rings (SSSR count). The summed E-state index contributed by atoms with van der Waals surface area (Å²) in [5.41, 5.74) is -0.747. The zero-order valence-corrected chi connectivity index (χ0v) is 18.7. The molecule has 0 aliphatic rings. The highest BCUT2D eigenvalue weighted by Gasteiger charge is 2.06. The second kappa shape index (κ2) is 11.3. The van der Waals surface area contributed by atoms with Crippen LogP contribution in [-0.4, -0.2) is 22.0 Å². The van der Waals surface area contributed by atoms with Crippen LogP contribution in [0.3, 0.4) is 0 Å². The monoisotopic (exact) mass is 431 g/mol. The van der Waals surface area contributed by atoms with Crippen molar-refractivity contribution >= 4 is 42.4 Å². The highest BCUT2D eigenvalue weighted by molar-refractivity contribution is 8.51.